The number of hydrogen-bond acceptors (Lipinski definition) is 5. The fourth-order valence-corrected chi connectivity index (χ4v) is 2.61. The predicted octanol–water partition coefficient (Wildman–Crippen LogP) is 2.15. The molecule has 6 heteroatoms. The van der Waals surface area contributed by atoms with Crippen LogP contribution >= 0.6 is 0 Å². The first-order valence-electron chi connectivity index (χ1n) is 8.04. The highest BCUT2D eigenvalue weighted by Crippen LogP contribution is 2.17. The number of aromatic nitrogens is 2. The molecule has 0 spiro atoms. The predicted molar refractivity (Wildman–Crippen MR) is 89.1 cm³/mol. The van der Waals surface area contributed by atoms with Crippen LogP contribution < -0.4 is 9.47 Å². The van der Waals surface area contributed by atoms with Crippen molar-refractivity contribution in [1.29, 1.82) is 0 Å². The van der Waals surface area contributed by atoms with Crippen molar-refractivity contribution in [2.45, 2.75) is 26.4 Å². The Kier molecular flexibility index (Phi) is 4.93. The summed E-state index contributed by atoms with van der Waals surface area (Å²) in [6.07, 6.45) is 0.732. The molecule has 2 aromatic rings. The Balaban J connectivity index is 1.48. The van der Waals surface area contributed by atoms with Gasteiger partial charge in [0, 0.05) is 19.0 Å². The first-order chi connectivity index (χ1) is 11.6. The summed E-state index contributed by atoms with van der Waals surface area (Å²) < 4.78 is 11.4. The first kappa shape index (κ1) is 16.2. The van der Waals surface area contributed by atoms with E-state index in [1.807, 2.05) is 44.2 Å². The van der Waals surface area contributed by atoms with E-state index >= 15 is 0 Å². The maximum atomic E-state index is 12.3. The Morgan fingerprint density at radius 2 is 2.12 bits per heavy atom. The van der Waals surface area contributed by atoms with Crippen LogP contribution in [-0.4, -0.2) is 46.8 Å². The number of carbonyl (C=O) groups excluding carboxylic acids is 1. The van der Waals surface area contributed by atoms with Crippen molar-refractivity contribution >= 4 is 5.91 Å². The van der Waals surface area contributed by atoms with Crippen LogP contribution in [0.5, 0.6) is 11.6 Å². The van der Waals surface area contributed by atoms with Crippen LogP contribution in [0.4, 0.5) is 0 Å². The molecule has 1 aromatic heterocycles. The van der Waals surface area contributed by atoms with Crippen LogP contribution in [0.25, 0.3) is 0 Å². The van der Waals surface area contributed by atoms with Gasteiger partial charge >= 0.3 is 0 Å². The lowest BCUT2D eigenvalue weighted by Gasteiger charge is -2.17. The molecule has 0 saturated carbocycles. The zero-order chi connectivity index (χ0) is 16.9. The van der Waals surface area contributed by atoms with Gasteiger partial charge in [-0.15, -0.1) is 5.10 Å². The second kappa shape index (κ2) is 7.29. The summed E-state index contributed by atoms with van der Waals surface area (Å²) in [6, 6.07) is 11.3. The molecular weight excluding hydrogens is 306 g/mol. The minimum Gasteiger partial charge on any atom is -0.484 e. The number of aryl methyl sites for hydroxylation is 2. The summed E-state index contributed by atoms with van der Waals surface area (Å²) in [5, 5.41) is 7.97. The fraction of sp³-hybridized carbons (Fsp3) is 0.389. The topological polar surface area (TPSA) is 64.5 Å². The number of nitrogens with zero attached hydrogens (tertiary/aromatic N) is 3. The van der Waals surface area contributed by atoms with Crippen LogP contribution in [0.15, 0.2) is 36.4 Å². The molecule has 24 heavy (non-hydrogen) atoms. The van der Waals surface area contributed by atoms with Gasteiger partial charge in [0.1, 0.15) is 11.9 Å². The van der Waals surface area contributed by atoms with Crippen LogP contribution in [0, 0.1) is 13.8 Å². The van der Waals surface area contributed by atoms with Crippen molar-refractivity contribution in [2.24, 2.45) is 0 Å². The van der Waals surface area contributed by atoms with Crippen LogP contribution in [0.3, 0.4) is 0 Å². The number of rotatable bonds is 5. The van der Waals surface area contributed by atoms with Crippen molar-refractivity contribution in [1.82, 2.24) is 15.1 Å². The van der Waals surface area contributed by atoms with Crippen molar-refractivity contribution < 1.29 is 14.3 Å². The molecule has 1 amide bonds. The molecule has 0 N–H and O–H groups in total. The Bertz CT molecular complexity index is 703. The SMILES string of the molecule is Cc1cccc(OCC(=O)N2CCC(Oc3ccc(C)nn3)C2)c1. The molecule has 1 aromatic carbocycles. The maximum absolute atomic E-state index is 12.3. The summed E-state index contributed by atoms with van der Waals surface area (Å²) in [5.74, 6) is 1.18. The van der Waals surface area contributed by atoms with Gasteiger partial charge in [0.2, 0.25) is 5.88 Å². The number of benzene rings is 1. The lowest BCUT2D eigenvalue weighted by atomic mass is 10.2. The van der Waals surface area contributed by atoms with Crippen LogP contribution in [0.2, 0.25) is 0 Å². The van der Waals surface area contributed by atoms with Crippen LogP contribution in [-0.2, 0) is 4.79 Å². The van der Waals surface area contributed by atoms with Gasteiger partial charge in [-0.1, -0.05) is 12.1 Å². The summed E-state index contributed by atoms with van der Waals surface area (Å²) in [4.78, 5) is 14.0. The van der Waals surface area contributed by atoms with Crippen molar-refractivity contribution in [3.05, 3.63) is 47.7 Å². The van der Waals surface area contributed by atoms with Gasteiger partial charge in [-0.05, 0) is 37.6 Å². The highest BCUT2D eigenvalue weighted by molar-refractivity contribution is 5.78. The molecule has 0 radical (unpaired) electrons. The fourth-order valence-electron chi connectivity index (χ4n) is 2.61. The Labute approximate surface area is 141 Å². The highest BCUT2D eigenvalue weighted by Gasteiger charge is 2.28. The van der Waals surface area contributed by atoms with Gasteiger partial charge in [0.25, 0.3) is 5.91 Å². The lowest BCUT2D eigenvalue weighted by Crippen LogP contribution is -2.34. The lowest BCUT2D eigenvalue weighted by molar-refractivity contribution is -0.132. The van der Waals surface area contributed by atoms with Gasteiger partial charge in [-0.25, -0.2) is 0 Å². The summed E-state index contributed by atoms with van der Waals surface area (Å²) in [5.41, 5.74) is 1.95. The highest BCUT2D eigenvalue weighted by atomic mass is 16.5. The summed E-state index contributed by atoms with van der Waals surface area (Å²) in [6.45, 7) is 5.12. The van der Waals surface area contributed by atoms with Gasteiger partial charge in [-0.2, -0.15) is 5.10 Å². The number of hydrogen-bond donors (Lipinski definition) is 0. The molecule has 6 nitrogen and oxygen atoms in total. The van der Waals surface area contributed by atoms with E-state index in [0.29, 0.717) is 24.7 Å². The third-order valence-corrected chi connectivity index (χ3v) is 3.91. The molecule has 126 valence electrons. The monoisotopic (exact) mass is 327 g/mol. The number of carbonyl (C=O) groups is 1. The third-order valence-electron chi connectivity index (χ3n) is 3.91. The average molecular weight is 327 g/mol. The molecule has 0 bridgehead atoms. The molecular formula is C18H21N3O3. The number of likely N-dealkylation sites (tertiary alicyclic amines) is 1. The van der Waals surface area contributed by atoms with E-state index in [1.54, 1.807) is 11.0 Å². The van der Waals surface area contributed by atoms with E-state index in [1.165, 1.54) is 0 Å². The number of amides is 1. The molecule has 1 aliphatic heterocycles. The van der Waals surface area contributed by atoms with E-state index in [4.69, 9.17) is 9.47 Å². The standard InChI is InChI=1S/C18H21N3O3/c1-13-4-3-5-15(10-13)23-12-18(22)21-9-8-16(11-21)24-17-7-6-14(2)19-20-17/h3-7,10,16H,8-9,11-12H2,1-2H3. The van der Waals surface area contributed by atoms with E-state index < -0.39 is 0 Å². The molecule has 3 rings (SSSR count). The molecule has 1 fully saturated rings. The van der Waals surface area contributed by atoms with E-state index in [0.717, 1.165) is 17.7 Å². The van der Waals surface area contributed by atoms with E-state index in [9.17, 15) is 4.79 Å². The van der Waals surface area contributed by atoms with E-state index in [-0.39, 0.29) is 18.6 Å². The smallest absolute Gasteiger partial charge is 0.260 e. The van der Waals surface area contributed by atoms with Gasteiger partial charge < -0.3 is 14.4 Å². The van der Waals surface area contributed by atoms with Gasteiger partial charge in [0.05, 0.1) is 12.2 Å². The Morgan fingerprint density at radius 3 is 2.88 bits per heavy atom. The van der Waals surface area contributed by atoms with Crippen molar-refractivity contribution in [3.8, 4) is 11.6 Å². The molecule has 1 saturated heterocycles. The van der Waals surface area contributed by atoms with Crippen LogP contribution in [0.1, 0.15) is 17.7 Å². The zero-order valence-corrected chi connectivity index (χ0v) is 13.9. The zero-order valence-electron chi connectivity index (χ0n) is 13.9. The molecule has 2 heterocycles. The Morgan fingerprint density at radius 1 is 1.25 bits per heavy atom. The average Bonchev–Trinajstić information content (AvgIpc) is 3.03. The molecule has 0 aliphatic carbocycles. The largest absolute Gasteiger partial charge is 0.484 e. The third kappa shape index (κ3) is 4.22. The second-order valence-corrected chi connectivity index (χ2v) is 5.99. The van der Waals surface area contributed by atoms with Gasteiger partial charge in [0.15, 0.2) is 6.61 Å². The Hall–Kier alpha value is -2.63. The van der Waals surface area contributed by atoms with Crippen molar-refractivity contribution in [2.75, 3.05) is 19.7 Å². The van der Waals surface area contributed by atoms with Crippen molar-refractivity contribution in [3.63, 3.8) is 0 Å². The maximum Gasteiger partial charge on any atom is 0.260 e. The normalized spacial score (nSPS) is 16.9. The second-order valence-electron chi connectivity index (χ2n) is 5.99. The molecule has 1 atom stereocenters. The quantitative estimate of drug-likeness (QED) is 0.842. The molecule has 1 aliphatic rings. The first-order valence-corrected chi connectivity index (χ1v) is 8.04. The molecule has 1 unspecified atom stereocenters. The van der Waals surface area contributed by atoms with E-state index in [2.05, 4.69) is 10.2 Å². The van der Waals surface area contributed by atoms with Gasteiger partial charge in [-0.3, -0.25) is 4.79 Å². The number of ether oxygens (including phenoxy) is 2. The minimum atomic E-state index is -0.0510. The minimum absolute atomic E-state index is 0.0300. The summed E-state index contributed by atoms with van der Waals surface area (Å²) >= 11 is 0. The summed E-state index contributed by atoms with van der Waals surface area (Å²) in [7, 11) is 0.